The van der Waals surface area contributed by atoms with Crippen LogP contribution in [0.4, 0.5) is 0 Å². The van der Waals surface area contributed by atoms with E-state index in [4.69, 9.17) is 9.47 Å². The normalized spacial score (nSPS) is 20.1. The van der Waals surface area contributed by atoms with Crippen LogP contribution in [0.1, 0.15) is 32.9 Å². The van der Waals surface area contributed by atoms with Gasteiger partial charge in [-0.25, -0.2) is 0 Å². The minimum Gasteiger partial charge on any atom is -0.471 e. The number of hydrogen-bond donors (Lipinski definition) is 1. The summed E-state index contributed by atoms with van der Waals surface area (Å²) in [7, 11) is 0. The van der Waals surface area contributed by atoms with Gasteiger partial charge in [0.2, 0.25) is 5.88 Å². The molecular formula is C13H21N3O2. The fraction of sp³-hybridized carbons (Fsp3) is 0.692. The van der Waals surface area contributed by atoms with Gasteiger partial charge in [0.1, 0.15) is 6.10 Å². The highest BCUT2D eigenvalue weighted by Crippen LogP contribution is 2.13. The fourth-order valence-corrected chi connectivity index (χ4v) is 1.64. The predicted octanol–water partition coefficient (Wildman–Crippen LogP) is 1.53. The highest BCUT2D eigenvalue weighted by molar-refractivity contribution is 5.12. The molecule has 1 aromatic rings. The molecule has 0 spiro atoms. The Balaban J connectivity index is 1.85. The lowest BCUT2D eigenvalue weighted by molar-refractivity contribution is 0.137. The second-order valence-electron chi connectivity index (χ2n) is 5.57. The Kier molecular flexibility index (Phi) is 4.14. The first kappa shape index (κ1) is 13.2. The summed E-state index contributed by atoms with van der Waals surface area (Å²) < 4.78 is 10.9. The van der Waals surface area contributed by atoms with Crippen molar-refractivity contribution in [3.63, 3.8) is 0 Å². The third kappa shape index (κ3) is 4.23. The van der Waals surface area contributed by atoms with Gasteiger partial charge in [0.25, 0.3) is 0 Å². The van der Waals surface area contributed by atoms with Crippen LogP contribution in [0.5, 0.6) is 5.88 Å². The summed E-state index contributed by atoms with van der Waals surface area (Å²) >= 11 is 0. The van der Waals surface area contributed by atoms with Crippen LogP contribution in [-0.4, -0.2) is 35.1 Å². The average Bonchev–Trinajstić information content (AvgIpc) is 2.80. The summed E-state index contributed by atoms with van der Waals surface area (Å²) in [6.45, 7) is 8.50. The lowest BCUT2D eigenvalue weighted by atomic mass is 10.1. The Hall–Kier alpha value is -1.20. The first-order chi connectivity index (χ1) is 8.53. The molecule has 0 aliphatic carbocycles. The highest BCUT2D eigenvalue weighted by atomic mass is 16.5. The Morgan fingerprint density at radius 3 is 2.78 bits per heavy atom. The van der Waals surface area contributed by atoms with Gasteiger partial charge in [-0.3, -0.25) is 0 Å². The molecule has 0 amide bonds. The molecule has 1 aromatic heterocycles. The number of rotatable bonds is 4. The van der Waals surface area contributed by atoms with E-state index in [9.17, 15) is 0 Å². The van der Waals surface area contributed by atoms with Gasteiger partial charge in [0.15, 0.2) is 0 Å². The van der Waals surface area contributed by atoms with Crippen molar-refractivity contribution in [2.24, 2.45) is 0 Å². The smallest absolute Gasteiger partial charge is 0.233 e. The molecule has 0 bridgehead atoms. The molecule has 1 unspecified atom stereocenters. The molecule has 5 nitrogen and oxygen atoms in total. The lowest BCUT2D eigenvalue weighted by Crippen LogP contribution is -2.35. The van der Waals surface area contributed by atoms with Crippen molar-refractivity contribution >= 4 is 0 Å². The Morgan fingerprint density at radius 2 is 2.22 bits per heavy atom. The highest BCUT2D eigenvalue weighted by Gasteiger charge is 2.17. The van der Waals surface area contributed by atoms with Crippen LogP contribution in [0.3, 0.4) is 0 Å². The summed E-state index contributed by atoms with van der Waals surface area (Å²) in [4.78, 5) is 0. The first-order valence-electron chi connectivity index (χ1n) is 6.35. The monoisotopic (exact) mass is 251 g/mol. The maximum Gasteiger partial charge on any atom is 0.233 e. The van der Waals surface area contributed by atoms with Gasteiger partial charge in [-0.1, -0.05) is 0 Å². The molecule has 1 N–H and O–H groups in total. The average molecular weight is 251 g/mol. The molecule has 5 heteroatoms. The SMILES string of the molecule is CC(C)(C)NCc1ccc(OC2CCOC2)nn1. The van der Waals surface area contributed by atoms with Crippen molar-refractivity contribution in [3.8, 4) is 5.88 Å². The topological polar surface area (TPSA) is 56.3 Å². The zero-order valence-electron chi connectivity index (χ0n) is 11.3. The Bertz CT molecular complexity index is 367. The van der Waals surface area contributed by atoms with Crippen molar-refractivity contribution in [2.45, 2.75) is 45.4 Å². The number of nitrogens with zero attached hydrogens (tertiary/aromatic N) is 2. The van der Waals surface area contributed by atoms with E-state index in [2.05, 4.69) is 36.3 Å². The Labute approximate surface area is 108 Å². The number of hydrogen-bond acceptors (Lipinski definition) is 5. The number of ether oxygens (including phenoxy) is 2. The molecule has 1 atom stereocenters. The molecule has 1 fully saturated rings. The molecule has 1 aliphatic heterocycles. The second-order valence-corrected chi connectivity index (χ2v) is 5.57. The van der Waals surface area contributed by atoms with Crippen LogP contribution in [0, 0.1) is 0 Å². The van der Waals surface area contributed by atoms with E-state index in [0.29, 0.717) is 19.0 Å². The minimum absolute atomic E-state index is 0.0814. The van der Waals surface area contributed by atoms with Gasteiger partial charge in [0, 0.05) is 24.6 Å². The first-order valence-corrected chi connectivity index (χ1v) is 6.35. The standard InChI is InChI=1S/C13H21N3O2/c1-13(2,3)14-8-10-4-5-12(16-15-10)18-11-6-7-17-9-11/h4-5,11,14H,6-9H2,1-3H3. The van der Waals surface area contributed by atoms with Crippen LogP contribution in [-0.2, 0) is 11.3 Å². The maximum atomic E-state index is 5.66. The molecule has 1 aliphatic rings. The molecular weight excluding hydrogens is 230 g/mol. The van der Waals surface area contributed by atoms with Crippen LogP contribution in [0.2, 0.25) is 0 Å². The molecule has 0 radical (unpaired) electrons. The third-order valence-electron chi connectivity index (χ3n) is 2.67. The van der Waals surface area contributed by atoms with Crippen molar-refractivity contribution < 1.29 is 9.47 Å². The van der Waals surface area contributed by atoms with Gasteiger partial charge in [-0.05, 0) is 26.8 Å². The molecule has 18 heavy (non-hydrogen) atoms. The maximum absolute atomic E-state index is 5.66. The molecule has 1 saturated heterocycles. The van der Waals surface area contributed by atoms with E-state index in [1.54, 1.807) is 0 Å². The van der Waals surface area contributed by atoms with Crippen molar-refractivity contribution in [1.82, 2.24) is 15.5 Å². The van der Waals surface area contributed by atoms with E-state index < -0.39 is 0 Å². The number of nitrogens with one attached hydrogen (secondary N) is 1. The summed E-state index contributed by atoms with van der Waals surface area (Å²) in [5.41, 5.74) is 0.998. The van der Waals surface area contributed by atoms with Crippen LogP contribution in [0.15, 0.2) is 12.1 Å². The Morgan fingerprint density at radius 1 is 1.39 bits per heavy atom. The van der Waals surface area contributed by atoms with E-state index in [-0.39, 0.29) is 11.6 Å². The van der Waals surface area contributed by atoms with E-state index in [0.717, 1.165) is 18.7 Å². The number of aromatic nitrogens is 2. The van der Waals surface area contributed by atoms with Gasteiger partial charge in [0.05, 0.1) is 18.9 Å². The lowest BCUT2D eigenvalue weighted by Gasteiger charge is -2.20. The molecule has 2 rings (SSSR count). The van der Waals surface area contributed by atoms with Gasteiger partial charge in [-0.2, -0.15) is 5.10 Å². The second kappa shape index (κ2) is 5.63. The van der Waals surface area contributed by atoms with Crippen molar-refractivity contribution in [3.05, 3.63) is 17.8 Å². The van der Waals surface area contributed by atoms with Crippen LogP contribution < -0.4 is 10.1 Å². The molecule has 0 aromatic carbocycles. The van der Waals surface area contributed by atoms with E-state index >= 15 is 0 Å². The summed E-state index contributed by atoms with van der Waals surface area (Å²) in [6.07, 6.45) is 1.05. The van der Waals surface area contributed by atoms with Crippen LogP contribution >= 0.6 is 0 Å². The van der Waals surface area contributed by atoms with E-state index in [1.165, 1.54) is 0 Å². The predicted molar refractivity (Wildman–Crippen MR) is 68.5 cm³/mol. The zero-order valence-corrected chi connectivity index (χ0v) is 11.3. The van der Waals surface area contributed by atoms with Crippen molar-refractivity contribution in [2.75, 3.05) is 13.2 Å². The quantitative estimate of drug-likeness (QED) is 0.879. The fourth-order valence-electron chi connectivity index (χ4n) is 1.64. The van der Waals surface area contributed by atoms with Gasteiger partial charge in [-0.15, -0.1) is 5.10 Å². The largest absolute Gasteiger partial charge is 0.471 e. The van der Waals surface area contributed by atoms with Crippen molar-refractivity contribution in [1.29, 1.82) is 0 Å². The summed E-state index contributed by atoms with van der Waals surface area (Å²) in [5.74, 6) is 0.574. The third-order valence-corrected chi connectivity index (χ3v) is 2.67. The molecule has 0 saturated carbocycles. The van der Waals surface area contributed by atoms with Crippen LogP contribution in [0.25, 0.3) is 0 Å². The zero-order chi connectivity index (χ0) is 13.0. The molecule has 100 valence electrons. The summed E-state index contributed by atoms with van der Waals surface area (Å²) in [5, 5.41) is 11.6. The van der Waals surface area contributed by atoms with Gasteiger partial charge < -0.3 is 14.8 Å². The summed E-state index contributed by atoms with van der Waals surface area (Å²) in [6, 6.07) is 3.81. The minimum atomic E-state index is 0.0814. The molecule has 2 heterocycles. The van der Waals surface area contributed by atoms with E-state index in [1.807, 2.05) is 12.1 Å². The van der Waals surface area contributed by atoms with Gasteiger partial charge >= 0.3 is 0 Å².